The predicted molar refractivity (Wildman–Crippen MR) is 68.2 cm³/mol. The first kappa shape index (κ1) is 11.9. The van der Waals surface area contributed by atoms with E-state index in [-0.39, 0.29) is 6.10 Å². The van der Waals surface area contributed by atoms with E-state index in [4.69, 9.17) is 4.74 Å². The Morgan fingerprint density at radius 2 is 2.29 bits per heavy atom. The summed E-state index contributed by atoms with van der Waals surface area (Å²) in [4.78, 5) is 8.55. The smallest absolute Gasteiger partial charge is 0.226 e. The highest BCUT2D eigenvalue weighted by molar-refractivity contribution is 5.29. The molecule has 0 bridgehead atoms. The van der Waals surface area contributed by atoms with Crippen LogP contribution in [-0.2, 0) is 0 Å². The number of hydrogen-bond donors (Lipinski definition) is 1. The van der Waals surface area contributed by atoms with Gasteiger partial charge in [-0.3, -0.25) is 0 Å². The Bertz CT molecular complexity index is 390. The molecular weight excluding hydrogens is 214 g/mol. The number of nitrogens with zero attached hydrogens (tertiary/aromatic N) is 2. The van der Waals surface area contributed by atoms with Gasteiger partial charge in [-0.1, -0.05) is 12.2 Å². The summed E-state index contributed by atoms with van der Waals surface area (Å²) in [7, 11) is 0. The lowest BCUT2D eigenvalue weighted by Gasteiger charge is -2.19. The summed E-state index contributed by atoms with van der Waals surface area (Å²) in [6.07, 6.45) is 9.59. The molecule has 1 aliphatic carbocycles. The van der Waals surface area contributed by atoms with Crippen molar-refractivity contribution >= 4 is 5.95 Å². The summed E-state index contributed by atoms with van der Waals surface area (Å²) in [5, 5.41) is 3.34. The molecule has 0 fully saturated rings. The fourth-order valence-electron chi connectivity index (χ4n) is 1.83. The SMILES string of the molecule is CC(C)Oc1ccnc(NC2CC=CCC2)n1. The molecule has 4 nitrogen and oxygen atoms in total. The van der Waals surface area contributed by atoms with E-state index in [1.54, 1.807) is 12.3 Å². The second-order valence-corrected chi connectivity index (χ2v) is 4.51. The van der Waals surface area contributed by atoms with Gasteiger partial charge in [0, 0.05) is 18.3 Å². The molecule has 1 N–H and O–H groups in total. The van der Waals surface area contributed by atoms with E-state index in [9.17, 15) is 0 Å². The van der Waals surface area contributed by atoms with Crippen LogP contribution in [0.5, 0.6) is 5.88 Å². The summed E-state index contributed by atoms with van der Waals surface area (Å²) in [6, 6.07) is 2.22. The lowest BCUT2D eigenvalue weighted by molar-refractivity contribution is 0.232. The average Bonchev–Trinajstić information content (AvgIpc) is 2.30. The molecule has 0 aromatic carbocycles. The summed E-state index contributed by atoms with van der Waals surface area (Å²) in [6.45, 7) is 3.97. The van der Waals surface area contributed by atoms with E-state index in [2.05, 4.69) is 27.4 Å². The second kappa shape index (κ2) is 5.66. The zero-order valence-electron chi connectivity index (χ0n) is 10.4. The Balaban J connectivity index is 1.98. The number of ether oxygens (including phenoxy) is 1. The van der Waals surface area contributed by atoms with E-state index in [0.29, 0.717) is 17.9 Å². The monoisotopic (exact) mass is 233 g/mol. The third kappa shape index (κ3) is 3.73. The lowest BCUT2D eigenvalue weighted by Crippen LogP contribution is -2.21. The maximum absolute atomic E-state index is 5.54. The molecule has 1 aromatic heterocycles. The minimum absolute atomic E-state index is 0.135. The van der Waals surface area contributed by atoms with Gasteiger partial charge in [0.1, 0.15) is 0 Å². The van der Waals surface area contributed by atoms with Crippen molar-refractivity contribution in [3.05, 3.63) is 24.4 Å². The van der Waals surface area contributed by atoms with Gasteiger partial charge in [-0.2, -0.15) is 4.98 Å². The van der Waals surface area contributed by atoms with E-state index in [0.717, 1.165) is 19.3 Å². The molecule has 0 saturated carbocycles. The number of hydrogen-bond acceptors (Lipinski definition) is 4. The van der Waals surface area contributed by atoms with Gasteiger partial charge in [-0.25, -0.2) is 4.98 Å². The number of aromatic nitrogens is 2. The number of nitrogens with one attached hydrogen (secondary N) is 1. The van der Waals surface area contributed by atoms with Crippen LogP contribution < -0.4 is 10.1 Å². The number of allylic oxidation sites excluding steroid dienone is 1. The molecule has 2 rings (SSSR count). The third-order valence-electron chi connectivity index (χ3n) is 2.59. The molecule has 0 spiro atoms. The van der Waals surface area contributed by atoms with Gasteiger partial charge in [-0.15, -0.1) is 0 Å². The minimum Gasteiger partial charge on any atom is -0.475 e. The van der Waals surface area contributed by atoms with Crippen LogP contribution >= 0.6 is 0 Å². The van der Waals surface area contributed by atoms with Gasteiger partial charge in [0.2, 0.25) is 11.8 Å². The maximum atomic E-state index is 5.54. The van der Waals surface area contributed by atoms with Gasteiger partial charge in [0.25, 0.3) is 0 Å². The van der Waals surface area contributed by atoms with Gasteiger partial charge in [-0.05, 0) is 33.1 Å². The van der Waals surface area contributed by atoms with Gasteiger partial charge >= 0.3 is 0 Å². The molecule has 1 aromatic rings. The number of anilines is 1. The Labute approximate surface area is 102 Å². The summed E-state index contributed by atoms with van der Waals surface area (Å²) < 4.78 is 5.54. The van der Waals surface area contributed by atoms with E-state index >= 15 is 0 Å². The molecule has 1 heterocycles. The molecule has 1 aliphatic rings. The summed E-state index contributed by atoms with van der Waals surface area (Å²) in [5.74, 6) is 1.28. The van der Waals surface area contributed by atoms with Crippen LogP contribution in [0.25, 0.3) is 0 Å². The quantitative estimate of drug-likeness (QED) is 0.812. The van der Waals surface area contributed by atoms with Crippen molar-refractivity contribution in [3.63, 3.8) is 0 Å². The van der Waals surface area contributed by atoms with Crippen LogP contribution in [0.1, 0.15) is 33.1 Å². The Hall–Kier alpha value is -1.58. The molecule has 0 amide bonds. The highest BCUT2D eigenvalue weighted by Crippen LogP contribution is 2.16. The van der Waals surface area contributed by atoms with Crippen molar-refractivity contribution in [1.29, 1.82) is 0 Å². The molecule has 1 atom stereocenters. The fraction of sp³-hybridized carbons (Fsp3) is 0.538. The Morgan fingerprint density at radius 1 is 1.41 bits per heavy atom. The van der Waals surface area contributed by atoms with Crippen LogP contribution in [0.3, 0.4) is 0 Å². The summed E-state index contributed by atoms with van der Waals surface area (Å²) >= 11 is 0. The van der Waals surface area contributed by atoms with E-state index in [1.807, 2.05) is 13.8 Å². The normalized spacial score (nSPS) is 19.4. The van der Waals surface area contributed by atoms with Crippen molar-refractivity contribution in [2.45, 2.75) is 45.3 Å². The molecule has 0 radical (unpaired) electrons. The highest BCUT2D eigenvalue weighted by Gasteiger charge is 2.11. The zero-order chi connectivity index (χ0) is 12.1. The average molecular weight is 233 g/mol. The Kier molecular flexibility index (Phi) is 3.96. The molecule has 92 valence electrons. The lowest BCUT2D eigenvalue weighted by atomic mass is 10.0. The molecule has 4 heteroatoms. The van der Waals surface area contributed by atoms with Gasteiger partial charge in [0.15, 0.2) is 0 Å². The van der Waals surface area contributed by atoms with Gasteiger partial charge in [0.05, 0.1) is 6.10 Å². The van der Waals surface area contributed by atoms with E-state index < -0.39 is 0 Å². The van der Waals surface area contributed by atoms with Crippen LogP contribution in [0.15, 0.2) is 24.4 Å². The topological polar surface area (TPSA) is 47.0 Å². The Morgan fingerprint density at radius 3 is 3.00 bits per heavy atom. The first-order valence-electron chi connectivity index (χ1n) is 6.15. The largest absolute Gasteiger partial charge is 0.475 e. The van der Waals surface area contributed by atoms with Crippen molar-refractivity contribution < 1.29 is 4.74 Å². The van der Waals surface area contributed by atoms with Crippen molar-refractivity contribution in [2.24, 2.45) is 0 Å². The summed E-state index contributed by atoms with van der Waals surface area (Å²) in [5.41, 5.74) is 0. The van der Waals surface area contributed by atoms with E-state index in [1.165, 1.54) is 0 Å². The van der Waals surface area contributed by atoms with Crippen LogP contribution in [0, 0.1) is 0 Å². The fourth-order valence-corrected chi connectivity index (χ4v) is 1.83. The first-order valence-corrected chi connectivity index (χ1v) is 6.15. The van der Waals surface area contributed by atoms with Crippen LogP contribution in [-0.4, -0.2) is 22.1 Å². The maximum Gasteiger partial charge on any atom is 0.226 e. The second-order valence-electron chi connectivity index (χ2n) is 4.51. The van der Waals surface area contributed by atoms with Crippen molar-refractivity contribution in [3.8, 4) is 5.88 Å². The zero-order valence-corrected chi connectivity index (χ0v) is 10.4. The first-order chi connectivity index (χ1) is 8.24. The molecular formula is C13H19N3O. The predicted octanol–water partition coefficient (Wildman–Crippen LogP) is 2.78. The molecule has 17 heavy (non-hydrogen) atoms. The highest BCUT2D eigenvalue weighted by atomic mass is 16.5. The minimum atomic E-state index is 0.135. The molecule has 0 aliphatic heterocycles. The van der Waals surface area contributed by atoms with Crippen LogP contribution in [0.4, 0.5) is 5.95 Å². The molecule has 1 unspecified atom stereocenters. The van der Waals surface area contributed by atoms with Crippen molar-refractivity contribution in [2.75, 3.05) is 5.32 Å². The van der Waals surface area contributed by atoms with Crippen molar-refractivity contribution in [1.82, 2.24) is 9.97 Å². The number of rotatable bonds is 4. The van der Waals surface area contributed by atoms with Gasteiger partial charge < -0.3 is 10.1 Å². The molecule has 0 saturated heterocycles. The van der Waals surface area contributed by atoms with Crippen LogP contribution in [0.2, 0.25) is 0 Å². The standard InChI is InChI=1S/C13H19N3O/c1-10(2)17-12-8-9-14-13(16-12)15-11-6-4-3-5-7-11/h3-4,8-11H,5-7H2,1-2H3,(H,14,15,16). The third-order valence-corrected chi connectivity index (χ3v) is 2.59.